The predicted molar refractivity (Wildman–Crippen MR) is 78.5 cm³/mol. The van der Waals surface area contributed by atoms with E-state index in [2.05, 4.69) is 34.6 Å². The molecular formula is C15H18ClN3. The molecule has 2 aromatic rings. The smallest absolute Gasteiger partial charge is 0.0759 e. The molecule has 2 heterocycles. The second-order valence-electron chi connectivity index (χ2n) is 4.75. The van der Waals surface area contributed by atoms with E-state index in [0.717, 1.165) is 24.4 Å². The van der Waals surface area contributed by atoms with Crippen LogP contribution in [0.1, 0.15) is 35.8 Å². The molecule has 0 bridgehead atoms. The molecule has 3 rings (SSSR count). The Hall–Kier alpha value is -1.45. The van der Waals surface area contributed by atoms with Gasteiger partial charge < -0.3 is 5.32 Å². The average Bonchev–Trinajstić information content (AvgIpc) is 2.94. The van der Waals surface area contributed by atoms with Gasteiger partial charge in [-0.3, -0.25) is 9.97 Å². The summed E-state index contributed by atoms with van der Waals surface area (Å²) >= 11 is 0. The van der Waals surface area contributed by atoms with Crippen molar-refractivity contribution in [3.63, 3.8) is 0 Å². The molecule has 0 saturated carbocycles. The first-order valence-electron chi connectivity index (χ1n) is 6.50. The molecule has 4 heteroatoms. The van der Waals surface area contributed by atoms with Gasteiger partial charge in [-0.15, -0.1) is 12.4 Å². The minimum Gasteiger partial charge on any atom is -0.309 e. The first kappa shape index (κ1) is 14.0. The van der Waals surface area contributed by atoms with Crippen molar-refractivity contribution >= 4 is 12.4 Å². The summed E-state index contributed by atoms with van der Waals surface area (Å²) in [4.78, 5) is 9.05. The summed E-state index contributed by atoms with van der Waals surface area (Å²) in [6, 6.07) is 10.8. The van der Waals surface area contributed by atoms with E-state index in [0.29, 0.717) is 6.04 Å². The minimum absolute atomic E-state index is 0. The van der Waals surface area contributed by atoms with Gasteiger partial charge in [-0.2, -0.15) is 0 Å². The highest BCUT2D eigenvalue weighted by atomic mass is 35.5. The van der Waals surface area contributed by atoms with Crippen LogP contribution in [-0.4, -0.2) is 16.5 Å². The van der Waals surface area contributed by atoms with Crippen LogP contribution in [0.25, 0.3) is 0 Å². The number of nitrogens with zero attached hydrogens (tertiary/aromatic N) is 2. The molecule has 1 atom stereocenters. The summed E-state index contributed by atoms with van der Waals surface area (Å²) in [6.45, 7) is 1.09. The highest BCUT2D eigenvalue weighted by Crippen LogP contribution is 2.20. The van der Waals surface area contributed by atoms with Gasteiger partial charge in [0.25, 0.3) is 0 Å². The van der Waals surface area contributed by atoms with E-state index in [4.69, 9.17) is 4.98 Å². The summed E-state index contributed by atoms with van der Waals surface area (Å²) < 4.78 is 0. The molecule has 0 radical (unpaired) electrons. The van der Waals surface area contributed by atoms with Gasteiger partial charge >= 0.3 is 0 Å². The third-order valence-corrected chi connectivity index (χ3v) is 3.35. The second-order valence-corrected chi connectivity index (χ2v) is 4.75. The van der Waals surface area contributed by atoms with Crippen LogP contribution in [0.4, 0.5) is 0 Å². The van der Waals surface area contributed by atoms with Gasteiger partial charge in [0.1, 0.15) is 0 Å². The van der Waals surface area contributed by atoms with Crippen molar-refractivity contribution in [2.45, 2.75) is 25.3 Å². The molecule has 1 aliphatic rings. The lowest BCUT2D eigenvalue weighted by Crippen LogP contribution is -2.15. The summed E-state index contributed by atoms with van der Waals surface area (Å²) in [5, 5.41) is 3.46. The van der Waals surface area contributed by atoms with Gasteiger partial charge in [-0.1, -0.05) is 30.3 Å². The number of aromatic nitrogens is 2. The number of nitrogens with one attached hydrogen (secondary N) is 1. The summed E-state index contributed by atoms with van der Waals surface area (Å²) in [5.41, 5.74) is 3.41. The van der Waals surface area contributed by atoms with Crippen LogP contribution in [0.15, 0.2) is 42.7 Å². The van der Waals surface area contributed by atoms with E-state index < -0.39 is 0 Å². The number of hydrogen-bond acceptors (Lipinski definition) is 3. The van der Waals surface area contributed by atoms with E-state index in [1.165, 1.54) is 18.4 Å². The Labute approximate surface area is 119 Å². The molecule has 19 heavy (non-hydrogen) atoms. The molecule has 1 N–H and O–H groups in total. The summed E-state index contributed by atoms with van der Waals surface area (Å²) in [6.07, 6.45) is 7.01. The fraction of sp³-hybridized carbons (Fsp3) is 0.333. The van der Waals surface area contributed by atoms with Crippen LogP contribution in [0.3, 0.4) is 0 Å². The maximum absolute atomic E-state index is 4.73. The van der Waals surface area contributed by atoms with E-state index in [-0.39, 0.29) is 12.4 Å². The lowest BCUT2D eigenvalue weighted by atomic mass is 10.1. The van der Waals surface area contributed by atoms with Crippen LogP contribution < -0.4 is 5.32 Å². The second kappa shape index (κ2) is 6.64. The van der Waals surface area contributed by atoms with Crippen molar-refractivity contribution < 1.29 is 0 Å². The number of rotatable bonds is 3. The van der Waals surface area contributed by atoms with Crippen molar-refractivity contribution in [1.82, 2.24) is 15.3 Å². The van der Waals surface area contributed by atoms with Crippen molar-refractivity contribution in [2.75, 3.05) is 6.54 Å². The lowest BCUT2D eigenvalue weighted by molar-refractivity contribution is 0.620. The molecule has 1 unspecified atom stereocenters. The van der Waals surface area contributed by atoms with E-state index >= 15 is 0 Å². The zero-order chi connectivity index (χ0) is 12.2. The summed E-state index contributed by atoms with van der Waals surface area (Å²) in [7, 11) is 0. The molecule has 3 nitrogen and oxygen atoms in total. The van der Waals surface area contributed by atoms with Gasteiger partial charge in [0.15, 0.2) is 0 Å². The Balaban J connectivity index is 0.00000133. The van der Waals surface area contributed by atoms with Crippen LogP contribution in [0.5, 0.6) is 0 Å². The Morgan fingerprint density at radius 2 is 2.00 bits per heavy atom. The first-order valence-corrected chi connectivity index (χ1v) is 6.50. The zero-order valence-corrected chi connectivity index (χ0v) is 11.6. The maximum Gasteiger partial charge on any atom is 0.0759 e. The lowest BCUT2D eigenvalue weighted by Gasteiger charge is -2.10. The minimum atomic E-state index is 0. The van der Waals surface area contributed by atoms with Gasteiger partial charge in [0.05, 0.1) is 17.4 Å². The molecule has 1 fully saturated rings. The molecular weight excluding hydrogens is 258 g/mol. The SMILES string of the molecule is Cl.c1ccc(Cc2cncc(C3CCCN3)n2)cc1. The monoisotopic (exact) mass is 275 g/mol. The van der Waals surface area contributed by atoms with Gasteiger partial charge in [0.2, 0.25) is 0 Å². The van der Waals surface area contributed by atoms with Gasteiger partial charge in [0, 0.05) is 18.8 Å². The average molecular weight is 276 g/mol. The van der Waals surface area contributed by atoms with E-state index in [9.17, 15) is 0 Å². The third-order valence-electron chi connectivity index (χ3n) is 3.35. The normalized spacial score (nSPS) is 18.0. The van der Waals surface area contributed by atoms with Crippen molar-refractivity contribution in [1.29, 1.82) is 0 Å². The molecule has 0 aliphatic carbocycles. The molecule has 100 valence electrons. The van der Waals surface area contributed by atoms with Crippen molar-refractivity contribution in [2.24, 2.45) is 0 Å². The van der Waals surface area contributed by atoms with Crippen LogP contribution >= 0.6 is 12.4 Å². The maximum atomic E-state index is 4.73. The number of halogens is 1. The number of benzene rings is 1. The molecule has 1 aromatic heterocycles. The predicted octanol–water partition coefficient (Wildman–Crippen LogP) is 2.91. The highest BCUT2D eigenvalue weighted by molar-refractivity contribution is 5.85. The van der Waals surface area contributed by atoms with Gasteiger partial charge in [-0.25, -0.2) is 0 Å². The summed E-state index contributed by atoms with van der Waals surface area (Å²) in [5.74, 6) is 0. The Kier molecular flexibility index (Phi) is 4.88. The van der Waals surface area contributed by atoms with Gasteiger partial charge in [-0.05, 0) is 24.9 Å². The van der Waals surface area contributed by atoms with Crippen LogP contribution in [0.2, 0.25) is 0 Å². The molecule has 1 saturated heterocycles. The first-order chi connectivity index (χ1) is 8.92. The standard InChI is InChI=1S/C15H17N3.ClH/c1-2-5-12(6-3-1)9-13-10-16-11-15(18-13)14-7-4-8-17-14;/h1-3,5-6,10-11,14,17H,4,7-9H2;1H. The van der Waals surface area contributed by atoms with Crippen LogP contribution in [-0.2, 0) is 6.42 Å². The Morgan fingerprint density at radius 1 is 1.16 bits per heavy atom. The zero-order valence-electron chi connectivity index (χ0n) is 10.7. The largest absolute Gasteiger partial charge is 0.309 e. The quantitative estimate of drug-likeness (QED) is 0.936. The number of hydrogen-bond donors (Lipinski definition) is 1. The van der Waals surface area contributed by atoms with Crippen molar-refractivity contribution in [3.8, 4) is 0 Å². The Morgan fingerprint density at radius 3 is 2.74 bits per heavy atom. The van der Waals surface area contributed by atoms with Crippen LogP contribution in [0, 0.1) is 0 Å². The molecule has 0 amide bonds. The molecule has 1 aliphatic heterocycles. The fourth-order valence-corrected chi connectivity index (χ4v) is 2.42. The fourth-order valence-electron chi connectivity index (χ4n) is 2.42. The van der Waals surface area contributed by atoms with Crippen molar-refractivity contribution in [3.05, 3.63) is 59.7 Å². The third kappa shape index (κ3) is 3.52. The van der Waals surface area contributed by atoms with E-state index in [1.807, 2.05) is 18.5 Å². The highest BCUT2D eigenvalue weighted by Gasteiger charge is 2.17. The van der Waals surface area contributed by atoms with E-state index in [1.54, 1.807) is 0 Å². The topological polar surface area (TPSA) is 37.8 Å². The molecule has 0 spiro atoms. The Bertz CT molecular complexity index is 510. The molecule has 1 aromatic carbocycles.